The third-order valence-electron chi connectivity index (χ3n) is 2.43. The number of piperazine rings is 1. The van der Waals surface area contributed by atoms with Crippen LogP contribution in [0.1, 0.15) is 0 Å². The van der Waals surface area contributed by atoms with E-state index < -0.39 is 11.9 Å². The Morgan fingerprint density at radius 2 is 1.71 bits per heavy atom. The maximum Gasteiger partial charge on any atom is 0.328 e. The molecule has 0 bridgehead atoms. The molecular weight excluding hydrogens is 391 g/mol. The maximum absolute atomic E-state index is 9.55. The van der Waals surface area contributed by atoms with Gasteiger partial charge in [-0.05, 0) is 34.7 Å². The summed E-state index contributed by atoms with van der Waals surface area (Å²) in [5.41, 5.74) is 0. The number of rotatable bonds is 3. The van der Waals surface area contributed by atoms with Crippen LogP contribution in [-0.4, -0.2) is 58.5 Å². The van der Waals surface area contributed by atoms with Crippen molar-refractivity contribution in [3.8, 4) is 0 Å². The lowest BCUT2D eigenvalue weighted by molar-refractivity contribution is -0.134. The fourth-order valence-corrected chi connectivity index (χ4v) is 1.80. The lowest BCUT2D eigenvalue weighted by atomic mass is 10.3. The van der Waals surface area contributed by atoms with Crippen molar-refractivity contribution in [3.05, 3.63) is 28.0 Å². The molecule has 1 aliphatic rings. The summed E-state index contributed by atoms with van der Waals surface area (Å²) in [4.78, 5) is 21.4. The Hall–Kier alpha value is -1.75. The van der Waals surface area contributed by atoms with Gasteiger partial charge in [0.05, 0.1) is 0 Å². The summed E-state index contributed by atoms with van der Waals surface area (Å²) in [6.07, 6.45) is 1.12. The Morgan fingerprint density at radius 1 is 1.14 bits per heavy atom. The number of carboxylic acid groups (broad SMARTS) is 2. The summed E-state index contributed by atoms with van der Waals surface area (Å²) in [6, 6.07) is 4.02. The molecule has 1 aromatic heterocycles. The van der Waals surface area contributed by atoms with Crippen molar-refractivity contribution in [2.75, 3.05) is 31.1 Å². The van der Waals surface area contributed by atoms with Gasteiger partial charge in [0, 0.05) is 38.3 Å². The second kappa shape index (κ2) is 9.23. The molecule has 9 heteroatoms. The van der Waals surface area contributed by atoms with E-state index in [1.807, 2.05) is 12.1 Å². The zero-order valence-electron chi connectivity index (χ0n) is 11.1. The van der Waals surface area contributed by atoms with E-state index in [-0.39, 0.29) is 0 Å². The zero-order chi connectivity index (χ0) is 15.7. The number of halogens is 1. The number of nitrogens with zero attached hydrogens (tertiary/aromatic N) is 3. The monoisotopic (exact) mass is 406 g/mol. The van der Waals surface area contributed by atoms with Crippen LogP contribution in [0.3, 0.4) is 0 Å². The first-order valence-electron chi connectivity index (χ1n) is 6.08. The highest BCUT2D eigenvalue weighted by atomic mass is 127. The second-order valence-electron chi connectivity index (χ2n) is 3.96. The molecule has 114 valence electrons. The fraction of sp³-hybridized carbons (Fsp3) is 0.333. The Bertz CT molecular complexity index is 484. The summed E-state index contributed by atoms with van der Waals surface area (Å²) < 4.78 is 0.941. The molecule has 0 saturated carbocycles. The van der Waals surface area contributed by atoms with Crippen LogP contribution < -0.4 is 10.2 Å². The molecule has 1 aliphatic heterocycles. The molecule has 0 unspecified atom stereocenters. The van der Waals surface area contributed by atoms with Gasteiger partial charge in [0.15, 0.2) is 5.82 Å². The lowest BCUT2D eigenvalue weighted by Gasteiger charge is -2.27. The molecule has 1 aromatic rings. The summed E-state index contributed by atoms with van der Waals surface area (Å²) in [7, 11) is 0. The van der Waals surface area contributed by atoms with Crippen molar-refractivity contribution >= 4 is 40.3 Å². The number of aromatic nitrogens is 2. The summed E-state index contributed by atoms with van der Waals surface area (Å²) in [5, 5.41) is 27.1. The first kappa shape index (κ1) is 17.3. The molecule has 2 rings (SSSR count). The van der Waals surface area contributed by atoms with Gasteiger partial charge in [-0.25, -0.2) is 9.59 Å². The molecule has 0 aromatic carbocycles. The van der Waals surface area contributed by atoms with Crippen LogP contribution >= 0.6 is 22.6 Å². The topological polar surface area (TPSA) is 116 Å². The van der Waals surface area contributed by atoms with Crippen LogP contribution in [0.2, 0.25) is 0 Å². The molecule has 3 N–H and O–H groups in total. The number of carbonyl (C=O) groups is 2. The minimum absolute atomic E-state index is 0.558. The zero-order valence-corrected chi connectivity index (χ0v) is 13.2. The molecule has 1 fully saturated rings. The van der Waals surface area contributed by atoms with Crippen molar-refractivity contribution < 1.29 is 19.8 Å². The largest absolute Gasteiger partial charge is 0.478 e. The average Bonchev–Trinajstić information content (AvgIpc) is 2.47. The fourth-order valence-electron chi connectivity index (χ4n) is 1.51. The van der Waals surface area contributed by atoms with Gasteiger partial charge < -0.3 is 20.4 Å². The van der Waals surface area contributed by atoms with E-state index in [9.17, 15) is 9.59 Å². The summed E-state index contributed by atoms with van der Waals surface area (Å²) >= 11 is 2.16. The molecule has 2 heterocycles. The molecule has 8 nitrogen and oxygen atoms in total. The van der Waals surface area contributed by atoms with E-state index in [1.54, 1.807) is 0 Å². The number of carboxylic acids is 2. The van der Waals surface area contributed by atoms with Crippen LogP contribution in [0.25, 0.3) is 0 Å². The Balaban J connectivity index is 0.000000240. The summed E-state index contributed by atoms with van der Waals surface area (Å²) in [5.74, 6) is -1.53. The van der Waals surface area contributed by atoms with E-state index in [0.29, 0.717) is 12.2 Å². The van der Waals surface area contributed by atoms with Crippen LogP contribution in [0.5, 0.6) is 0 Å². The van der Waals surface area contributed by atoms with Crippen molar-refractivity contribution in [1.29, 1.82) is 0 Å². The highest BCUT2D eigenvalue weighted by Gasteiger charge is 2.11. The third-order valence-corrected chi connectivity index (χ3v) is 3.00. The van der Waals surface area contributed by atoms with Crippen molar-refractivity contribution in [1.82, 2.24) is 15.5 Å². The molecule has 0 atom stereocenters. The highest BCUT2D eigenvalue weighted by molar-refractivity contribution is 14.1. The molecular formula is C12H15IN4O4. The van der Waals surface area contributed by atoms with E-state index in [4.69, 9.17) is 10.2 Å². The van der Waals surface area contributed by atoms with Crippen LogP contribution in [0.15, 0.2) is 24.3 Å². The predicted octanol–water partition coefficient (Wildman–Crippen LogP) is 0.203. The highest BCUT2D eigenvalue weighted by Crippen LogP contribution is 2.10. The van der Waals surface area contributed by atoms with Gasteiger partial charge in [-0.3, -0.25) is 0 Å². The first-order valence-corrected chi connectivity index (χ1v) is 7.15. The second-order valence-corrected chi connectivity index (χ2v) is 5.07. The number of anilines is 1. The predicted molar refractivity (Wildman–Crippen MR) is 84.2 cm³/mol. The van der Waals surface area contributed by atoms with Crippen molar-refractivity contribution in [2.24, 2.45) is 0 Å². The Morgan fingerprint density at radius 3 is 2.14 bits per heavy atom. The Kier molecular flexibility index (Phi) is 7.61. The number of hydrogen-bond donors (Lipinski definition) is 3. The van der Waals surface area contributed by atoms with Gasteiger partial charge in [0.1, 0.15) is 3.70 Å². The minimum atomic E-state index is -1.26. The van der Waals surface area contributed by atoms with E-state index in [1.165, 1.54) is 0 Å². The molecule has 21 heavy (non-hydrogen) atoms. The molecule has 0 radical (unpaired) electrons. The standard InChI is InChI=1S/C8H11IN4.C4H4O4/c9-7-1-2-8(12-11-7)13-5-3-10-4-6-13;5-3(6)1-2-4(7)8/h1-2,10H,3-6H2;1-2H,(H,5,6)(H,7,8)/b;2-1+. The smallest absolute Gasteiger partial charge is 0.328 e. The maximum atomic E-state index is 9.55. The summed E-state index contributed by atoms with van der Waals surface area (Å²) in [6.45, 7) is 4.12. The molecule has 1 saturated heterocycles. The lowest BCUT2D eigenvalue weighted by Crippen LogP contribution is -2.43. The quantitative estimate of drug-likeness (QED) is 0.482. The van der Waals surface area contributed by atoms with E-state index in [2.05, 4.69) is 43.0 Å². The molecule has 0 amide bonds. The van der Waals surface area contributed by atoms with Gasteiger partial charge in [0.25, 0.3) is 0 Å². The molecule has 0 spiro atoms. The van der Waals surface area contributed by atoms with Crippen molar-refractivity contribution in [3.63, 3.8) is 0 Å². The minimum Gasteiger partial charge on any atom is -0.478 e. The van der Waals surface area contributed by atoms with Crippen molar-refractivity contribution in [2.45, 2.75) is 0 Å². The SMILES string of the molecule is Ic1ccc(N2CCNCC2)nn1.O=C(O)/C=C/C(=O)O. The van der Waals surface area contributed by atoms with Gasteiger partial charge in [0.2, 0.25) is 0 Å². The number of nitrogens with one attached hydrogen (secondary N) is 1. The first-order chi connectivity index (χ1) is 9.99. The van der Waals surface area contributed by atoms with Gasteiger partial charge in [-0.2, -0.15) is 0 Å². The third kappa shape index (κ3) is 7.56. The number of aliphatic carboxylic acids is 2. The number of hydrogen-bond acceptors (Lipinski definition) is 6. The normalized spacial score (nSPS) is 14.4. The van der Waals surface area contributed by atoms with Gasteiger partial charge in [-0.15, -0.1) is 10.2 Å². The van der Waals surface area contributed by atoms with Gasteiger partial charge >= 0.3 is 11.9 Å². The van der Waals surface area contributed by atoms with Gasteiger partial charge in [-0.1, -0.05) is 0 Å². The Labute approximate surface area is 135 Å². The van der Waals surface area contributed by atoms with Crippen LogP contribution in [0.4, 0.5) is 5.82 Å². The molecule has 0 aliphatic carbocycles. The average molecular weight is 406 g/mol. The van der Waals surface area contributed by atoms with E-state index in [0.717, 1.165) is 35.7 Å². The van der Waals surface area contributed by atoms with Crippen LogP contribution in [0, 0.1) is 3.70 Å². The van der Waals surface area contributed by atoms with E-state index >= 15 is 0 Å². The van der Waals surface area contributed by atoms with Crippen LogP contribution in [-0.2, 0) is 9.59 Å².